The lowest BCUT2D eigenvalue weighted by Gasteiger charge is -2.12. The molecule has 0 fully saturated rings. The van der Waals surface area contributed by atoms with Crippen LogP contribution in [0.1, 0.15) is 18.9 Å². The monoisotopic (exact) mass is 190 g/mol. The highest BCUT2D eigenvalue weighted by molar-refractivity contribution is 5.86. The first-order valence-electron chi connectivity index (χ1n) is 4.63. The SMILES string of the molecule is C=C(c1ccccc1)C(CC)C(=O)O. The molecule has 74 valence electrons. The van der Waals surface area contributed by atoms with E-state index >= 15 is 0 Å². The third kappa shape index (κ3) is 2.22. The highest BCUT2D eigenvalue weighted by Crippen LogP contribution is 2.23. The number of aliphatic carboxylic acids is 1. The van der Waals surface area contributed by atoms with Gasteiger partial charge in [0.15, 0.2) is 0 Å². The van der Waals surface area contributed by atoms with Crippen LogP contribution in [-0.2, 0) is 4.79 Å². The minimum Gasteiger partial charge on any atom is -0.481 e. The number of benzene rings is 1. The minimum atomic E-state index is -0.804. The predicted octanol–water partition coefficient (Wildman–Crippen LogP) is 2.81. The van der Waals surface area contributed by atoms with Crippen LogP contribution in [0.5, 0.6) is 0 Å². The molecular formula is C12H14O2. The summed E-state index contributed by atoms with van der Waals surface area (Å²) >= 11 is 0. The van der Waals surface area contributed by atoms with E-state index in [0.29, 0.717) is 12.0 Å². The van der Waals surface area contributed by atoms with E-state index in [2.05, 4.69) is 6.58 Å². The van der Waals surface area contributed by atoms with Crippen molar-refractivity contribution in [2.75, 3.05) is 0 Å². The van der Waals surface area contributed by atoms with Gasteiger partial charge in [-0.15, -0.1) is 0 Å². The number of carbonyl (C=O) groups is 1. The predicted molar refractivity (Wildman–Crippen MR) is 56.9 cm³/mol. The molecule has 2 nitrogen and oxygen atoms in total. The van der Waals surface area contributed by atoms with Crippen LogP contribution < -0.4 is 0 Å². The second-order valence-corrected chi connectivity index (χ2v) is 3.19. The Labute approximate surface area is 83.9 Å². The molecule has 1 atom stereocenters. The molecule has 0 heterocycles. The number of rotatable bonds is 4. The molecule has 0 bridgehead atoms. The topological polar surface area (TPSA) is 37.3 Å². The van der Waals surface area contributed by atoms with Gasteiger partial charge in [0.25, 0.3) is 0 Å². The van der Waals surface area contributed by atoms with Crippen LogP contribution in [0.15, 0.2) is 36.9 Å². The normalized spacial score (nSPS) is 12.1. The maximum atomic E-state index is 10.9. The van der Waals surface area contributed by atoms with Crippen molar-refractivity contribution >= 4 is 11.5 Å². The van der Waals surface area contributed by atoms with E-state index in [0.717, 1.165) is 5.56 Å². The molecular weight excluding hydrogens is 176 g/mol. The number of carboxylic acid groups (broad SMARTS) is 1. The molecule has 1 unspecified atom stereocenters. The van der Waals surface area contributed by atoms with Gasteiger partial charge in [-0.05, 0) is 17.6 Å². The summed E-state index contributed by atoms with van der Waals surface area (Å²) in [6.45, 7) is 5.69. The summed E-state index contributed by atoms with van der Waals surface area (Å²) in [5, 5.41) is 8.94. The highest BCUT2D eigenvalue weighted by atomic mass is 16.4. The molecule has 1 aromatic rings. The van der Waals surface area contributed by atoms with E-state index < -0.39 is 11.9 Å². The molecule has 1 rings (SSSR count). The fraction of sp³-hybridized carbons (Fsp3) is 0.250. The van der Waals surface area contributed by atoms with Crippen LogP contribution >= 0.6 is 0 Å². The van der Waals surface area contributed by atoms with E-state index in [1.807, 2.05) is 37.3 Å². The number of carboxylic acids is 1. The first kappa shape index (κ1) is 10.5. The molecule has 0 aromatic heterocycles. The van der Waals surface area contributed by atoms with Gasteiger partial charge in [-0.3, -0.25) is 4.79 Å². The van der Waals surface area contributed by atoms with Gasteiger partial charge in [0.05, 0.1) is 5.92 Å². The van der Waals surface area contributed by atoms with Crippen molar-refractivity contribution < 1.29 is 9.90 Å². The fourth-order valence-corrected chi connectivity index (χ4v) is 1.42. The second-order valence-electron chi connectivity index (χ2n) is 3.19. The molecule has 0 spiro atoms. The van der Waals surface area contributed by atoms with Crippen molar-refractivity contribution in [3.05, 3.63) is 42.5 Å². The van der Waals surface area contributed by atoms with Gasteiger partial charge in [-0.1, -0.05) is 43.8 Å². The summed E-state index contributed by atoms with van der Waals surface area (Å²) in [5.74, 6) is -1.28. The maximum absolute atomic E-state index is 10.9. The van der Waals surface area contributed by atoms with Gasteiger partial charge >= 0.3 is 5.97 Å². The van der Waals surface area contributed by atoms with Gasteiger partial charge in [-0.25, -0.2) is 0 Å². The van der Waals surface area contributed by atoms with Gasteiger partial charge in [0.1, 0.15) is 0 Å². The second kappa shape index (κ2) is 4.61. The molecule has 0 aliphatic heterocycles. The maximum Gasteiger partial charge on any atom is 0.310 e. The van der Waals surface area contributed by atoms with Crippen LogP contribution in [0.3, 0.4) is 0 Å². The van der Waals surface area contributed by atoms with Crippen LogP contribution in [0.2, 0.25) is 0 Å². The van der Waals surface area contributed by atoms with E-state index in [1.165, 1.54) is 0 Å². The molecule has 0 aliphatic rings. The summed E-state index contributed by atoms with van der Waals surface area (Å²) < 4.78 is 0. The average Bonchev–Trinajstić information content (AvgIpc) is 2.19. The molecule has 0 saturated heterocycles. The van der Waals surface area contributed by atoms with E-state index in [4.69, 9.17) is 5.11 Å². The lowest BCUT2D eigenvalue weighted by atomic mass is 9.92. The Morgan fingerprint density at radius 2 is 2.00 bits per heavy atom. The Balaban J connectivity index is 2.89. The van der Waals surface area contributed by atoms with Crippen molar-refractivity contribution in [1.82, 2.24) is 0 Å². The zero-order valence-electron chi connectivity index (χ0n) is 8.23. The van der Waals surface area contributed by atoms with E-state index in [-0.39, 0.29) is 0 Å². The molecule has 0 radical (unpaired) electrons. The highest BCUT2D eigenvalue weighted by Gasteiger charge is 2.19. The van der Waals surface area contributed by atoms with Crippen LogP contribution in [0.4, 0.5) is 0 Å². The zero-order chi connectivity index (χ0) is 10.6. The Morgan fingerprint density at radius 3 is 2.43 bits per heavy atom. The van der Waals surface area contributed by atoms with Gasteiger partial charge < -0.3 is 5.11 Å². The number of hydrogen-bond acceptors (Lipinski definition) is 1. The van der Waals surface area contributed by atoms with Gasteiger partial charge in [0, 0.05) is 0 Å². The van der Waals surface area contributed by atoms with Crippen molar-refractivity contribution in [3.8, 4) is 0 Å². The molecule has 0 aliphatic carbocycles. The van der Waals surface area contributed by atoms with Gasteiger partial charge in [0.2, 0.25) is 0 Å². The summed E-state index contributed by atoms with van der Waals surface area (Å²) in [5.41, 5.74) is 1.59. The summed E-state index contributed by atoms with van der Waals surface area (Å²) in [6.07, 6.45) is 0.572. The number of hydrogen-bond donors (Lipinski definition) is 1. The lowest BCUT2D eigenvalue weighted by molar-refractivity contribution is -0.139. The first-order valence-corrected chi connectivity index (χ1v) is 4.63. The first-order chi connectivity index (χ1) is 6.66. The summed E-state index contributed by atoms with van der Waals surface area (Å²) in [6, 6.07) is 9.44. The van der Waals surface area contributed by atoms with Crippen LogP contribution in [0, 0.1) is 5.92 Å². The smallest absolute Gasteiger partial charge is 0.310 e. The Bertz CT molecular complexity index is 327. The minimum absolute atomic E-state index is 0.475. The van der Waals surface area contributed by atoms with E-state index in [1.54, 1.807) is 0 Å². The van der Waals surface area contributed by atoms with Crippen molar-refractivity contribution in [1.29, 1.82) is 0 Å². The van der Waals surface area contributed by atoms with E-state index in [9.17, 15) is 4.79 Å². The standard InChI is InChI=1S/C12H14O2/c1-3-11(12(13)14)9(2)10-7-5-4-6-8-10/h4-8,11H,2-3H2,1H3,(H,13,14). The molecule has 2 heteroatoms. The van der Waals surface area contributed by atoms with Crippen molar-refractivity contribution in [3.63, 3.8) is 0 Å². The lowest BCUT2D eigenvalue weighted by Crippen LogP contribution is -2.13. The van der Waals surface area contributed by atoms with Crippen molar-refractivity contribution in [2.24, 2.45) is 5.92 Å². The molecule has 1 N–H and O–H groups in total. The fourth-order valence-electron chi connectivity index (χ4n) is 1.42. The third-order valence-electron chi connectivity index (χ3n) is 2.27. The Hall–Kier alpha value is -1.57. The quantitative estimate of drug-likeness (QED) is 0.792. The molecule has 1 aromatic carbocycles. The Morgan fingerprint density at radius 1 is 1.43 bits per heavy atom. The zero-order valence-corrected chi connectivity index (χ0v) is 8.23. The molecule has 14 heavy (non-hydrogen) atoms. The van der Waals surface area contributed by atoms with Gasteiger partial charge in [-0.2, -0.15) is 0 Å². The third-order valence-corrected chi connectivity index (χ3v) is 2.27. The average molecular weight is 190 g/mol. The Kier molecular flexibility index (Phi) is 3.46. The summed E-state index contributed by atoms with van der Waals surface area (Å²) in [7, 11) is 0. The van der Waals surface area contributed by atoms with Crippen LogP contribution in [-0.4, -0.2) is 11.1 Å². The van der Waals surface area contributed by atoms with Crippen molar-refractivity contribution in [2.45, 2.75) is 13.3 Å². The molecule has 0 amide bonds. The molecule has 0 saturated carbocycles. The largest absolute Gasteiger partial charge is 0.481 e. The van der Waals surface area contributed by atoms with Crippen LogP contribution in [0.25, 0.3) is 5.57 Å². The summed E-state index contributed by atoms with van der Waals surface area (Å²) in [4.78, 5) is 10.9.